The van der Waals surface area contributed by atoms with E-state index in [-0.39, 0.29) is 5.91 Å². The number of pyridine rings is 1. The quantitative estimate of drug-likeness (QED) is 0.614. The van der Waals surface area contributed by atoms with Crippen molar-refractivity contribution in [2.24, 2.45) is 0 Å². The Morgan fingerprint density at radius 1 is 1.33 bits per heavy atom. The van der Waals surface area contributed by atoms with Gasteiger partial charge in [0.2, 0.25) is 5.91 Å². The second-order valence-electron chi connectivity index (χ2n) is 4.21. The summed E-state index contributed by atoms with van der Waals surface area (Å²) in [6.45, 7) is 3.56. The highest BCUT2D eigenvalue weighted by molar-refractivity contribution is 5.75. The minimum atomic E-state index is 0.141. The van der Waals surface area contributed by atoms with Crippen molar-refractivity contribution in [3.63, 3.8) is 0 Å². The fourth-order valence-electron chi connectivity index (χ4n) is 1.47. The number of rotatable bonds is 8. The number of anilines is 2. The predicted molar refractivity (Wildman–Crippen MR) is 74.3 cm³/mol. The number of nitrogens with zero attached hydrogens (tertiary/aromatic N) is 1. The fraction of sp³-hybridized carbons (Fsp3) is 0.538. The van der Waals surface area contributed by atoms with Gasteiger partial charge in [-0.15, -0.1) is 0 Å². The number of hydrogen-bond donors (Lipinski definition) is 3. The van der Waals surface area contributed by atoms with Crippen LogP contribution in [0.3, 0.4) is 0 Å². The average molecular weight is 250 g/mol. The van der Waals surface area contributed by atoms with Gasteiger partial charge < -0.3 is 16.4 Å². The molecule has 1 heterocycles. The van der Waals surface area contributed by atoms with Gasteiger partial charge in [0.1, 0.15) is 5.82 Å². The number of nitrogens with one attached hydrogen (secondary N) is 2. The zero-order chi connectivity index (χ0) is 13.2. The van der Waals surface area contributed by atoms with Crippen LogP contribution in [0.2, 0.25) is 0 Å². The smallest absolute Gasteiger partial charge is 0.219 e. The molecule has 5 nitrogen and oxygen atoms in total. The molecule has 1 amide bonds. The first-order chi connectivity index (χ1) is 8.72. The maximum absolute atomic E-state index is 11.3. The zero-order valence-electron chi connectivity index (χ0n) is 10.9. The number of nitrogen functional groups attached to an aromatic ring is 1. The number of unbranched alkanes of at least 4 members (excludes halogenated alkanes) is 1. The van der Waals surface area contributed by atoms with Crippen molar-refractivity contribution in [2.45, 2.75) is 32.6 Å². The van der Waals surface area contributed by atoms with Gasteiger partial charge >= 0.3 is 0 Å². The first-order valence-electron chi connectivity index (χ1n) is 6.44. The Balaban J connectivity index is 2.05. The minimum Gasteiger partial charge on any atom is -0.397 e. The monoisotopic (exact) mass is 250 g/mol. The van der Waals surface area contributed by atoms with Gasteiger partial charge in [-0.3, -0.25) is 4.79 Å². The molecule has 0 aliphatic rings. The van der Waals surface area contributed by atoms with E-state index in [1.807, 2.05) is 12.1 Å². The Hall–Kier alpha value is -1.78. The molecule has 0 aromatic carbocycles. The summed E-state index contributed by atoms with van der Waals surface area (Å²) in [5.41, 5.74) is 6.19. The molecule has 0 bridgehead atoms. The fourth-order valence-corrected chi connectivity index (χ4v) is 1.47. The largest absolute Gasteiger partial charge is 0.397 e. The van der Waals surface area contributed by atoms with E-state index >= 15 is 0 Å². The maximum Gasteiger partial charge on any atom is 0.219 e. The van der Waals surface area contributed by atoms with E-state index in [0.29, 0.717) is 18.7 Å². The molecule has 1 rings (SSSR count). The summed E-state index contributed by atoms with van der Waals surface area (Å²) in [5.74, 6) is 0.948. The summed E-state index contributed by atoms with van der Waals surface area (Å²) in [5, 5.41) is 6.06. The summed E-state index contributed by atoms with van der Waals surface area (Å²) in [7, 11) is 0. The van der Waals surface area contributed by atoms with Crippen molar-refractivity contribution in [3.05, 3.63) is 18.3 Å². The number of carbonyl (C=O) groups excluding carboxylic acids is 1. The van der Waals surface area contributed by atoms with Crippen LogP contribution in [0.1, 0.15) is 32.6 Å². The number of hydrogen-bond acceptors (Lipinski definition) is 4. The van der Waals surface area contributed by atoms with Crippen LogP contribution in [0.25, 0.3) is 0 Å². The summed E-state index contributed by atoms with van der Waals surface area (Å²) in [6.07, 6.45) is 5.14. The van der Waals surface area contributed by atoms with Gasteiger partial charge in [-0.1, -0.05) is 13.3 Å². The Morgan fingerprint density at radius 3 is 2.83 bits per heavy atom. The molecule has 0 aliphatic carbocycles. The third-order valence-corrected chi connectivity index (χ3v) is 2.53. The summed E-state index contributed by atoms with van der Waals surface area (Å²) in [4.78, 5) is 15.4. The zero-order valence-corrected chi connectivity index (χ0v) is 10.9. The molecule has 0 radical (unpaired) electrons. The second kappa shape index (κ2) is 8.33. The molecule has 1 aromatic heterocycles. The van der Waals surface area contributed by atoms with Gasteiger partial charge in [0.15, 0.2) is 0 Å². The highest BCUT2D eigenvalue weighted by Crippen LogP contribution is 2.05. The van der Waals surface area contributed by atoms with E-state index < -0.39 is 0 Å². The number of carbonyl (C=O) groups is 1. The van der Waals surface area contributed by atoms with Crippen molar-refractivity contribution >= 4 is 17.4 Å². The van der Waals surface area contributed by atoms with Gasteiger partial charge in [0, 0.05) is 19.5 Å². The Bertz CT molecular complexity index is 351. The average Bonchev–Trinajstić information content (AvgIpc) is 2.38. The van der Waals surface area contributed by atoms with E-state index in [1.165, 1.54) is 0 Å². The van der Waals surface area contributed by atoms with Crippen LogP contribution in [0.4, 0.5) is 11.5 Å². The van der Waals surface area contributed by atoms with Crippen molar-refractivity contribution in [3.8, 4) is 0 Å². The standard InChI is InChI=1S/C13H22N4O/c1-2-3-5-13(18)16-9-4-8-15-12-7-6-11(14)10-17-12/h6-7,10H,2-5,8-9,14H2,1H3,(H,15,17)(H,16,18). The van der Waals surface area contributed by atoms with Gasteiger partial charge in [0.05, 0.1) is 11.9 Å². The molecule has 100 valence electrons. The SMILES string of the molecule is CCCCC(=O)NCCCNc1ccc(N)cn1. The Morgan fingerprint density at radius 2 is 2.17 bits per heavy atom. The third-order valence-electron chi connectivity index (χ3n) is 2.53. The van der Waals surface area contributed by atoms with E-state index in [4.69, 9.17) is 5.73 Å². The highest BCUT2D eigenvalue weighted by atomic mass is 16.1. The van der Waals surface area contributed by atoms with E-state index in [2.05, 4.69) is 22.5 Å². The van der Waals surface area contributed by atoms with Crippen molar-refractivity contribution < 1.29 is 4.79 Å². The molecule has 0 aliphatic heterocycles. The molecular weight excluding hydrogens is 228 g/mol. The van der Waals surface area contributed by atoms with Crippen LogP contribution in [-0.2, 0) is 4.79 Å². The number of nitrogens with two attached hydrogens (primary N) is 1. The number of amides is 1. The summed E-state index contributed by atoms with van der Waals surface area (Å²) in [6, 6.07) is 3.65. The van der Waals surface area contributed by atoms with Crippen LogP contribution >= 0.6 is 0 Å². The number of aromatic nitrogens is 1. The van der Waals surface area contributed by atoms with Crippen molar-refractivity contribution in [1.29, 1.82) is 0 Å². The van der Waals surface area contributed by atoms with Gasteiger partial charge in [0.25, 0.3) is 0 Å². The van der Waals surface area contributed by atoms with E-state index in [9.17, 15) is 4.79 Å². The van der Waals surface area contributed by atoms with Crippen LogP contribution in [0, 0.1) is 0 Å². The van der Waals surface area contributed by atoms with Crippen molar-refractivity contribution in [1.82, 2.24) is 10.3 Å². The Labute approximate surface area is 108 Å². The molecule has 5 heteroatoms. The van der Waals surface area contributed by atoms with Gasteiger partial charge in [-0.05, 0) is 25.0 Å². The second-order valence-corrected chi connectivity index (χ2v) is 4.21. The van der Waals surface area contributed by atoms with E-state index in [0.717, 1.165) is 31.6 Å². The molecule has 4 N–H and O–H groups in total. The topological polar surface area (TPSA) is 80.0 Å². The van der Waals surface area contributed by atoms with Crippen LogP contribution in [-0.4, -0.2) is 24.0 Å². The molecule has 18 heavy (non-hydrogen) atoms. The highest BCUT2D eigenvalue weighted by Gasteiger charge is 1.98. The summed E-state index contributed by atoms with van der Waals surface area (Å²) >= 11 is 0. The van der Waals surface area contributed by atoms with Crippen molar-refractivity contribution in [2.75, 3.05) is 24.1 Å². The first-order valence-corrected chi connectivity index (χ1v) is 6.44. The molecule has 1 aromatic rings. The third kappa shape index (κ3) is 6.08. The molecule has 0 saturated heterocycles. The lowest BCUT2D eigenvalue weighted by Gasteiger charge is -2.07. The van der Waals surface area contributed by atoms with Crippen LogP contribution in [0.5, 0.6) is 0 Å². The molecular formula is C13H22N4O. The van der Waals surface area contributed by atoms with Gasteiger partial charge in [-0.25, -0.2) is 4.98 Å². The minimum absolute atomic E-state index is 0.141. The predicted octanol–water partition coefficient (Wildman–Crippen LogP) is 1.77. The lowest BCUT2D eigenvalue weighted by atomic mass is 10.2. The molecule has 0 unspecified atom stereocenters. The first kappa shape index (κ1) is 14.3. The molecule has 0 saturated carbocycles. The Kier molecular flexibility index (Phi) is 6.61. The lowest BCUT2D eigenvalue weighted by molar-refractivity contribution is -0.121. The summed E-state index contributed by atoms with van der Waals surface area (Å²) < 4.78 is 0. The van der Waals surface area contributed by atoms with Crippen LogP contribution in [0.15, 0.2) is 18.3 Å². The van der Waals surface area contributed by atoms with Gasteiger partial charge in [-0.2, -0.15) is 0 Å². The molecule has 0 atom stereocenters. The normalized spacial score (nSPS) is 10.1. The maximum atomic E-state index is 11.3. The van der Waals surface area contributed by atoms with E-state index in [1.54, 1.807) is 6.20 Å². The lowest BCUT2D eigenvalue weighted by Crippen LogP contribution is -2.25. The van der Waals surface area contributed by atoms with Crippen LogP contribution < -0.4 is 16.4 Å². The molecule has 0 fully saturated rings. The molecule has 0 spiro atoms.